The molecule has 0 spiro atoms. The van der Waals surface area contributed by atoms with E-state index in [1.807, 2.05) is 18.2 Å². The molecule has 2 atom stereocenters. The number of nitrogens with one attached hydrogen (secondary N) is 1. The Morgan fingerprint density at radius 3 is 2.39 bits per heavy atom. The molecular formula is C15H20N2O. The third kappa shape index (κ3) is 3.89. The fourth-order valence-corrected chi connectivity index (χ4v) is 1.53. The molecule has 1 amide bonds. The van der Waals surface area contributed by atoms with Crippen LogP contribution in [0, 0.1) is 23.2 Å². The van der Waals surface area contributed by atoms with Crippen molar-refractivity contribution in [3.05, 3.63) is 35.9 Å². The maximum atomic E-state index is 12.0. The zero-order chi connectivity index (χ0) is 13.5. The van der Waals surface area contributed by atoms with E-state index >= 15 is 0 Å². The first-order valence-electron chi connectivity index (χ1n) is 6.28. The van der Waals surface area contributed by atoms with E-state index < -0.39 is 5.92 Å². The van der Waals surface area contributed by atoms with Crippen LogP contribution < -0.4 is 5.32 Å². The summed E-state index contributed by atoms with van der Waals surface area (Å²) in [5.74, 6) is -0.00612. The first-order valence-corrected chi connectivity index (χ1v) is 6.28. The maximum absolute atomic E-state index is 12.0. The quantitative estimate of drug-likeness (QED) is 0.865. The Labute approximate surface area is 109 Å². The summed E-state index contributed by atoms with van der Waals surface area (Å²) in [5.41, 5.74) is 0.745. The second-order valence-electron chi connectivity index (χ2n) is 4.94. The Bertz CT molecular complexity index is 420. The van der Waals surface area contributed by atoms with Gasteiger partial charge in [0.05, 0.1) is 6.07 Å². The van der Waals surface area contributed by atoms with Gasteiger partial charge in [-0.15, -0.1) is 0 Å². The average molecular weight is 244 g/mol. The van der Waals surface area contributed by atoms with Gasteiger partial charge >= 0.3 is 0 Å². The number of carbonyl (C=O) groups is 1. The minimum absolute atomic E-state index is 0.212. The van der Waals surface area contributed by atoms with Gasteiger partial charge in [0, 0.05) is 6.54 Å². The average Bonchev–Trinajstić information content (AvgIpc) is 2.38. The predicted octanol–water partition coefficient (Wildman–Crippen LogP) is 2.70. The van der Waals surface area contributed by atoms with Gasteiger partial charge in [-0.2, -0.15) is 5.26 Å². The van der Waals surface area contributed by atoms with Crippen LogP contribution in [0.5, 0.6) is 0 Å². The Hall–Kier alpha value is -1.82. The highest BCUT2D eigenvalue weighted by Gasteiger charge is 2.20. The number of hydrogen-bond donors (Lipinski definition) is 1. The molecule has 1 aromatic carbocycles. The number of nitriles is 1. The fraction of sp³-hybridized carbons (Fsp3) is 0.467. The van der Waals surface area contributed by atoms with Crippen molar-refractivity contribution in [1.29, 1.82) is 5.26 Å². The Balaban J connectivity index is 2.62. The standard InChI is InChI=1S/C15H20N2O/c1-11(2)12(3)10-17-15(18)14(9-16)13-7-5-4-6-8-13/h4-8,11-12,14H,10H2,1-3H3,(H,17,18). The first-order chi connectivity index (χ1) is 8.56. The van der Waals surface area contributed by atoms with Crippen molar-refractivity contribution in [2.45, 2.75) is 26.7 Å². The molecule has 0 aliphatic rings. The molecule has 3 nitrogen and oxygen atoms in total. The SMILES string of the molecule is CC(C)C(C)CNC(=O)C(C#N)c1ccccc1. The molecule has 0 bridgehead atoms. The molecule has 1 N–H and O–H groups in total. The number of amides is 1. The van der Waals surface area contributed by atoms with E-state index in [9.17, 15) is 4.79 Å². The minimum atomic E-state index is -0.717. The lowest BCUT2D eigenvalue weighted by molar-refractivity contribution is -0.121. The van der Waals surface area contributed by atoms with Crippen LogP contribution in [0.15, 0.2) is 30.3 Å². The van der Waals surface area contributed by atoms with Gasteiger partial charge in [0.2, 0.25) is 5.91 Å². The van der Waals surface area contributed by atoms with Crippen LogP contribution in [0.1, 0.15) is 32.3 Å². The lowest BCUT2D eigenvalue weighted by Crippen LogP contribution is -2.33. The normalized spacial score (nSPS) is 13.7. The number of carbonyl (C=O) groups excluding carboxylic acids is 1. The van der Waals surface area contributed by atoms with Crippen molar-refractivity contribution in [3.8, 4) is 6.07 Å². The third-order valence-corrected chi connectivity index (χ3v) is 3.26. The van der Waals surface area contributed by atoms with E-state index in [4.69, 9.17) is 5.26 Å². The van der Waals surface area contributed by atoms with E-state index in [1.54, 1.807) is 12.1 Å². The summed E-state index contributed by atoms with van der Waals surface area (Å²) in [7, 11) is 0. The summed E-state index contributed by atoms with van der Waals surface area (Å²) >= 11 is 0. The van der Waals surface area contributed by atoms with Crippen LogP contribution >= 0.6 is 0 Å². The van der Waals surface area contributed by atoms with Gasteiger partial charge < -0.3 is 5.32 Å². The molecule has 0 saturated carbocycles. The molecule has 1 aromatic rings. The number of nitrogens with zero attached hydrogens (tertiary/aromatic N) is 1. The van der Waals surface area contributed by atoms with Gasteiger partial charge in [-0.25, -0.2) is 0 Å². The summed E-state index contributed by atoms with van der Waals surface area (Å²) in [6.45, 7) is 6.95. The summed E-state index contributed by atoms with van der Waals surface area (Å²) in [6, 6.07) is 11.2. The van der Waals surface area contributed by atoms with Crippen LogP contribution in [0.25, 0.3) is 0 Å². The zero-order valence-electron chi connectivity index (χ0n) is 11.2. The predicted molar refractivity (Wildman–Crippen MR) is 71.8 cm³/mol. The lowest BCUT2D eigenvalue weighted by Gasteiger charge is -2.17. The molecule has 0 heterocycles. The summed E-state index contributed by atoms with van der Waals surface area (Å²) in [4.78, 5) is 12.0. The van der Waals surface area contributed by atoms with Crippen molar-refractivity contribution in [3.63, 3.8) is 0 Å². The Morgan fingerprint density at radius 2 is 1.89 bits per heavy atom. The van der Waals surface area contributed by atoms with Crippen molar-refractivity contribution in [2.75, 3.05) is 6.54 Å². The number of rotatable bonds is 5. The summed E-state index contributed by atoms with van der Waals surface area (Å²) in [6.07, 6.45) is 0. The third-order valence-electron chi connectivity index (χ3n) is 3.26. The number of hydrogen-bond acceptors (Lipinski definition) is 2. The highest BCUT2D eigenvalue weighted by atomic mass is 16.1. The minimum Gasteiger partial charge on any atom is -0.354 e. The molecule has 18 heavy (non-hydrogen) atoms. The Morgan fingerprint density at radius 1 is 1.28 bits per heavy atom. The van der Waals surface area contributed by atoms with Crippen LogP contribution in [0.4, 0.5) is 0 Å². The molecule has 0 aromatic heterocycles. The molecule has 0 aliphatic heterocycles. The smallest absolute Gasteiger partial charge is 0.241 e. The molecule has 1 rings (SSSR count). The van der Waals surface area contributed by atoms with Gasteiger partial charge in [-0.05, 0) is 17.4 Å². The molecule has 0 saturated heterocycles. The van der Waals surface area contributed by atoms with Gasteiger partial charge in [-0.1, -0.05) is 51.1 Å². The second-order valence-corrected chi connectivity index (χ2v) is 4.94. The first kappa shape index (κ1) is 14.2. The maximum Gasteiger partial charge on any atom is 0.241 e. The highest BCUT2D eigenvalue weighted by Crippen LogP contribution is 2.15. The fourth-order valence-electron chi connectivity index (χ4n) is 1.53. The van der Waals surface area contributed by atoms with Gasteiger partial charge in [0.1, 0.15) is 5.92 Å². The van der Waals surface area contributed by atoms with Crippen molar-refractivity contribution >= 4 is 5.91 Å². The van der Waals surface area contributed by atoms with Gasteiger partial charge in [0.15, 0.2) is 0 Å². The molecular weight excluding hydrogens is 224 g/mol. The summed E-state index contributed by atoms with van der Waals surface area (Å²) in [5, 5.41) is 12.0. The second kappa shape index (κ2) is 6.80. The van der Waals surface area contributed by atoms with Gasteiger partial charge in [-0.3, -0.25) is 4.79 Å². The monoisotopic (exact) mass is 244 g/mol. The van der Waals surface area contributed by atoms with Crippen molar-refractivity contribution < 1.29 is 4.79 Å². The van der Waals surface area contributed by atoms with Crippen LogP contribution in [-0.2, 0) is 4.79 Å². The van der Waals surface area contributed by atoms with E-state index in [1.165, 1.54) is 0 Å². The molecule has 0 fully saturated rings. The topological polar surface area (TPSA) is 52.9 Å². The molecule has 0 aliphatic carbocycles. The van der Waals surface area contributed by atoms with Crippen molar-refractivity contribution in [1.82, 2.24) is 5.32 Å². The van der Waals surface area contributed by atoms with Gasteiger partial charge in [0.25, 0.3) is 0 Å². The molecule has 3 heteroatoms. The molecule has 2 unspecified atom stereocenters. The van der Waals surface area contributed by atoms with Crippen LogP contribution in [0.3, 0.4) is 0 Å². The van der Waals surface area contributed by atoms with Crippen molar-refractivity contribution in [2.24, 2.45) is 11.8 Å². The Kier molecular flexibility index (Phi) is 5.38. The van der Waals surface area contributed by atoms with Crippen LogP contribution in [0.2, 0.25) is 0 Å². The molecule has 0 radical (unpaired) electrons. The highest BCUT2D eigenvalue weighted by molar-refractivity contribution is 5.86. The lowest BCUT2D eigenvalue weighted by atomic mass is 9.96. The van der Waals surface area contributed by atoms with E-state index in [0.29, 0.717) is 18.4 Å². The van der Waals surface area contributed by atoms with E-state index in [2.05, 4.69) is 32.2 Å². The van der Waals surface area contributed by atoms with E-state index in [-0.39, 0.29) is 5.91 Å². The van der Waals surface area contributed by atoms with Crippen LogP contribution in [-0.4, -0.2) is 12.5 Å². The largest absolute Gasteiger partial charge is 0.354 e. The molecule has 96 valence electrons. The van der Waals surface area contributed by atoms with E-state index in [0.717, 1.165) is 5.56 Å². The zero-order valence-corrected chi connectivity index (χ0v) is 11.2. The summed E-state index contributed by atoms with van der Waals surface area (Å²) < 4.78 is 0. The number of benzene rings is 1.